The molecule has 156 valence electrons. The molecule has 1 atom stereocenters. The molecule has 1 fully saturated rings. The van der Waals surface area contributed by atoms with Crippen LogP contribution in [0, 0.1) is 11.6 Å². The van der Waals surface area contributed by atoms with Crippen molar-refractivity contribution < 1.29 is 18.0 Å². The minimum Gasteiger partial charge on any atom is -0.438 e. The average molecular weight is 419 g/mol. The first kappa shape index (κ1) is 19.2. The van der Waals surface area contributed by atoms with E-state index in [4.69, 9.17) is 4.42 Å². The zero-order valence-electron chi connectivity index (χ0n) is 16.5. The number of oxazole rings is 1. The second-order valence-electron chi connectivity index (χ2n) is 7.51. The van der Waals surface area contributed by atoms with Crippen LogP contribution in [0.3, 0.4) is 0 Å². The number of benzene rings is 3. The molecule has 0 saturated carbocycles. The summed E-state index contributed by atoms with van der Waals surface area (Å²) in [5.41, 5.74) is 2.71. The van der Waals surface area contributed by atoms with E-state index in [0.717, 1.165) is 24.6 Å². The maximum atomic E-state index is 14.2. The van der Waals surface area contributed by atoms with Gasteiger partial charge in [0.1, 0.15) is 23.2 Å². The van der Waals surface area contributed by atoms with Crippen LogP contribution in [0.1, 0.15) is 24.8 Å². The van der Waals surface area contributed by atoms with Crippen molar-refractivity contribution in [3.63, 3.8) is 0 Å². The second kappa shape index (κ2) is 7.83. The van der Waals surface area contributed by atoms with Gasteiger partial charge in [-0.2, -0.15) is 0 Å². The van der Waals surface area contributed by atoms with Crippen molar-refractivity contribution in [2.75, 3.05) is 11.9 Å². The highest BCUT2D eigenvalue weighted by Gasteiger charge is 2.33. The Balaban J connectivity index is 1.42. The van der Waals surface area contributed by atoms with Crippen LogP contribution in [-0.4, -0.2) is 22.5 Å². The van der Waals surface area contributed by atoms with E-state index in [9.17, 15) is 13.6 Å². The summed E-state index contributed by atoms with van der Waals surface area (Å²) in [4.78, 5) is 19.1. The van der Waals surface area contributed by atoms with Gasteiger partial charge in [-0.25, -0.2) is 18.6 Å². The molecule has 1 aromatic heterocycles. The molecule has 1 saturated heterocycles. The lowest BCUT2D eigenvalue weighted by atomic mass is 10.0. The first-order valence-corrected chi connectivity index (χ1v) is 10.1. The van der Waals surface area contributed by atoms with Gasteiger partial charge in [0.15, 0.2) is 5.58 Å². The molecular formula is C24H19F2N3O2. The van der Waals surface area contributed by atoms with Crippen LogP contribution in [-0.2, 0) is 0 Å². The van der Waals surface area contributed by atoms with Crippen LogP contribution in [0.4, 0.5) is 19.3 Å². The molecule has 1 aliphatic heterocycles. The number of urea groups is 1. The smallest absolute Gasteiger partial charge is 0.322 e. The molecule has 31 heavy (non-hydrogen) atoms. The quantitative estimate of drug-likeness (QED) is 0.434. The molecule has 0 radical (unpaired) electrons. The first-order valence-electron chi connectivity index (χ1n) is 10.1. The van der Waals surface area contributed by atoms with Crippen molar-refractivity contribution in [3.8, 4) is 11.1 Å². The van der Waals surface area contributed by atoms with Crippen molar-refractivity contribution in [3.05, 3.63) is 84.3 Å². The molecule has 7 heteroatoms. The number of halogens is 2. The number of hydrogen-bond acceptors (Lipinski definition) is 3. The third-order valence-corrected chi connectivity index (χ3v) is 5.47. The van der Waals surface area contributed by atoms with Gasteiger partial charge in [-0.15, -0.1) is 0 Å². The van der Waals surface area contributed by atoms with Crippen LogP contribution in [0.15, 0.2) is 71.1 Å². The van der Waals surface area contributed by atoms with E-state index in [1.54, 1.807) is 23.1 Å². The fourth-order valence-corrected chi connectivity index (χ4v) is 3.96. The Morgan fingerprint density at radius 1 is 1.06 bits per heavy atom. The van der Waals surface area contributed by atoms with E-state index in [2.05, 4.69) is 10.3 Å². The summed E-state index contributed by atoms with van der Waals surface area (Å²) >= 11 is 0. The number of aromatic nitrogens is 1. The van der Waals surface area contributed by atoms with Crippen LogP contribution in [0.2, 0.25) is 0 Å². The van der Waals surface area contributed by atoms with E-state index < -0.39 is 11.6 Å². The number of para-hydroxylation sites is 1. The summed E-state index contributed by atoms with van der Waals surface area (Å²) in [5, 5.41) is 2.90. The van der Waals surface area contributed by atoms with E-state index in [0.29, 0.717) is 29.1 Å². The number of anilines is 1. The van der Waals surface area contributed by atoms with Gasteiger partial charge in [-0.1, -0.05) is 24.3 Å². The SMILES string of the molecule is O=C(Nc1ccccc1)N1CCCC1c1nc2cc(-c3ccc(F)cc3F)ccc2o1. The minimum atomic E-state index is -0.636. The molecule has 4 aromatic rings. The summed E-state index contributed by atoms with van der Waals surface area (Å²) in [6.07, 6.45) is 1.59. The predicted octanol–water partition coefficient (Wildman–Crippen LogP) is 6.14. The summed E-state index contributed by atoms with van der Waals surface area (Å²) in [6, 6.07) is 17.4. The second-order valence-corrected chi connectivity index (χ2v) is 7.51. The molecule has 2 amide bonds. The van der Waals surface area contributed by atoms with E-state index in [1.807, 2.05) is 30.3 Å². The molecule has 0 aliphatic carbocycles. The molecule has 5 nitrogen and oxygen atoms in total. The number of amides is 2. The van der Waals surface area contributed by atoms with Crippen LogP contribution >= 0.6 is 0 Å². The highest BCUT2D eigenvalue weighted by Crippen LogP contribution is 2.35. The van der Waals surface area contributed by atoms with Crippen molar-refractivity contribution >= 4 is 22.8 Å². The topological polar surface area (TPSA) is 58.4 Å². The lowest BCUT2D eigenvalue weighted by Crippen LogP contribution is -2.34. The third-order valence-electron chi connectivity index (χ3n) is 5.47. The van der Waals surface area contributed by atoms with Crippen LogP contribution in [0.25, 0.3) is 22.2 Å². The maximum Gasteiger partial charge on any atom is 0.322 e. The molecule has 2 heterocycles. The Kier molecular flexibility index (Phi) is 4.86. The number of nitrogens with one attached hydrogen (secondary N) is 1. The third kappa shape index (κ3) is 3.74. The predicted molar refractivity (Wildman–Crippen MR) is 114 cm³/mol. The first-order chi connectivity index (χ1) is 15.1. The number of fused-ring (bicyclic) bond motifs is 1. The Labute approximate surface area is 177 Å². The van der Waals surface area contributed by atoms with Gasteiger partial charge in [0, 0.05) is 23.9 Å². The fourth-order valence-electron chi connectivity index (χ4n) is 3.96. The highest BCUT2D eigenvalue weighted by molar-refractivity contribution is 5.89. The molecule has 0 bridgehead atoms. The Hall–Kier alpha value is -3.74. The number of hydrogen-bond donors (Lipinski definition) is 1. The standard InChI is InChI=1S/C24H19F2N3O2/c25-16-9-10-18(19(26)14-16)15-8-11-22-20(13-15)28-23(31-22)21-7-4-12-29(21)24(30)27-17-5-2-1-3-6-17/h1-3,5-6,8-11,13-14,21H,4,7,12H2,(H,27,30). The molecule has 1 aliphatic rings. The van der Waals surface area contributed by atoms with E-state index >= 15 is 0 Å². The van der Waals surface area contributed by atoms with Crippen molar-refractivity contribution in [1.82, 2.24) is 9.88 Å². The summed E-state index contributed by atoms with van der Waals surface area (Å²) in [5.74, 6) is -0.809. The summed E-state index contributed by atoms with van der Waals surface area (Å²) in [7, 11) is 0. The van der Waals surface area contributed by atoms with Gasteiger partial charge in [-0.3, -0.25) is 0 Å². The van der Waals surface area contributed by atoms with Crippen molar-refractivity contribution in [2.45, 2.75) is 18.9 Å². The number of carbonyl (C=O) groups excluding carboxylic acids is 1. The number of rotatable bonds is 3. The van der Waals surface area contributed by atoms with Gasteiger partial charge < -0.3 is 14.6 Å². The van der Waals surface area contributed by atoms with E-state index in [1.165, 1.54) is 12.1 Å². The Bertz CT molecular complexity index is 1260. The Morgan fingerprint density at radius 2 is 1.90 bits per heavy atom. The van der Waals surface area contributed by atoms with Crippen molar-refractivity contribution in [1.29, 1.82) is 0 Å². The normalized spacial score (nSPS) is 16.1. The average Bonchev–Trinajstić information content (AvgIpc) is 3.41. The maximum absolute atomic E-state index is 14.2. The largest absolute Gasteiger partial charge is 0.438 e. The molecule has 3 aromatic carbocycles. The fraction of sp³-hybridized carbons (Fsp3) is 0.167. The van der Waals surface area contributed by atoms with Crippen LogP contribution < -0.4 is 5.32 Å². The van der Waals surface area contributed by atoms with E-state index in [-0.39, 0.29) is 17.6 Å². The number of nitrogens with zero attached hydrogens (tertiary/aromatic N) is 2. The summed E-state index contributed by atoms with van der Waals surface area (Å²) < 4.78 is 33.3. The van der Waals surface area contributed by atoms with Gasteiger partial charge in [-0.05, 0) is 54.8 Å². The van der Waals surface area contributed by atoms with Gasteiger partial charge in [0.05, 0.1) is 0 Å². The zero-order chi connectivity index (χ0) is 21.4. The van der Waals surface area contributed by atoms with Crippen molar-refractivity contribution in [2.24, 2.45) is 0 Å². The van der Waals surface area contributed by atoms with Gasteiger partial charge >= 0.3 is 6.03 Å². The molecular weight excluding hydrogens is 400 g/mol. The summed E-state index contributed by atoms with van der Waals surface area (Å²) in [6.45, 7) is 0.605. The van der Waals surface area contributed by atoms with Gasteiger partial charge in [0.2, 0.25) is 5.89 Å². The lowest BCUT2D eigenvalue weighted by molar-refractivity contribution is 0.199. The molecule has 1 N–H and O–H groups in total. The number of likely N-dealkylation sites (tertiary alicyclic amines) is 1. The molecule has 5 rings (SSSR count). The monoisotopic (exact) mass is 419 g/mol. The van der Waals surface area contributed by atoms with Crippen LogP contribution in [0.5, 0.6) is 0 Å². The minimum absolute atomic E-state index is 0.204. The van der Waals surface area contributed by atoms with Gasteiger partial charge in [0.25, 0.3) is 0 Å². The molecule has 0 spiro atoms. The number of carbonyl (C=O) groups is 1. The molecule has 1 unspecified atom stereocenters. The Morgan fingerprint density at radius 3 is 2.71 bits per heavy atom. The highest BCUT2D eigenvalue weighted by atomic mass is 19.1. The lowest BCUT2D eigenvalue weighted by Gasteiger charge is -2.22. The zero-order valence-corrected chi connectivity index (χ0v) is 16.5.